The Morgan fingerprint density at radius 3 is 2.65 bits per heavy atom. The fraction of sp³-hybridized carbons (Fsp3) is 0.750. The van der Waals surface area contributed by atoms with Gasteiger partial charge in [-0.3, -0.25) is 0 Å². The zero-order chi connectivity index (χ0) is 14.1. The molecular weight excluding hydrogens is 270 g/mol. The summed E-state index contributed by atoms with van der Waals surface area (Å²) in [6, 6.07) is 1.93. The van der Waals surface area contributed by atoms with Crippen molar-refractivity contribution in [3.05, 3.63) is 17.0 Å². The molecule has 3 nitrogen and oxygen atoms in total. The van der Waals surface area contributed by atoms with Crippen LogP contribution in [0.3, 0.4) is 0 Å². The number of anilines is 1. The van der Waals surface area contributed by atoms with Crippen LogP contribution in [0.1, 0.15) is 57.7 Å². The summed E-state index contributed by atoms with van der Waals surface area (Å²) in [5, 5.41) is 0.574. The van der Waals surface area contributed by atoms with Crippen molar-refractivity contribution in [1.29, 1.82) is 0 Å². The predicted molar refractivity (Wildman–Crippen MR) is 83.4 cm³/mol. The van der Waals surface area contributed by atoms with Gasteiger partial charge in [-0.1, -0.05) is 44.7 Å². The average molecular weight is 294 g/mol. The number of halogens is 1. The smallest absolute Gasteiger partial charge is 0.135 e. The van der Waals surface area contributed by atoms with Crippen LogP contribution in [0.15, 0.2) is 6.07 Å². The van der Waals surface area contributed by atoms with Crippen molar-refractivity contribution < 1.29 is 0 Å². The van der Waals surface area contributed by atoms with Crippen LogP contribution in [0.2, 0.25) is 5.15 Å². The molecule has 2 fully saturated rings. The van der Waals surface area contributed by atoms with Gasteiger partial charge in [0.2, 0.25) is 0 Å². The van der Waals surface area contributed by atoms with Crippen molar-refractivity contribution in [1.82, 2.24) is 9.97 Å². The number of hydrogen-bond donors (Lipinski definition) is 0. The summed E-state index contributed by atoms with van der Waals surface area (Å²) < 4.78 is 0. The summed E-state index contributed by atoms with van der Waals surface area (Å²) in [4.78, 5) is 11.5. The highest BCUT2D eigenvalue weighted by atomic mass is 35.5. The molecule has 2 heterocycles. The SMILES string of the molecule is CC(C)c1nc(Cl)cc(N2CCC3CCCCC3C2)n1. The third-order valence-corrected chi connectivity index (χ3v) is 5.02. The van der Waals surface area contributed by atoms with Gasteiger partial charge < -0.3 is 4.90 Å². The zero-order valence-corrected chi connectivity index (χ0v) is 13.2. The minimum absolute atomic E-state index is 0.319. The normalized spacial score (nSPS) is 26.7. The van der Waals surface area contributed by atoms with E-state index in [0.29, 0.717) is 11.1 Å². The largest absolute Gasteiger partial charge is 0.356 e. The first-order valence-corrected chi connectivity index (χ1v) is 8.30. The van der Waals surface area contributed by atoms with Gasteiger partial charge in [-0.15, -0.1) is 0 Å². The highest BCUT2D eigenvalue weighted by molar-refractivity contribution is 6.29. The quantitative estimate of drug-likeness (QED) is 0.763. The Morgan fingerprint density at radius 1 is 1.15 bits per heavy atom. The molecule has 0 spiro atoms. The van der Waals surface area contributed by atoms with Crippen LogP contribution >= 0.6 is 11.6 Å². The lowest BCUT2D eigenvalue weighted by molar-refractivity contribution is 0.202. The molecule has 2 unspecified atom stereocenters. The molecule has 110 valence electrons. The van der Waals surface area contributed by atoms with Gasteiger partial charge in [-0.25, -0.2) is 9.97 Å². The van der Waals surface area contributed by atoms with Crippen LogP contribution in [0.4, 0.5) is 5.82 Å². The van der Waals surface area contributed by atoms with E-state index in [9.17, 15) is 0 Å². The Morgan fingerprint density at radius 2 is 1.90 bits per heavy atom. The van der Waals surface area contributed by atoms with Crippen molar-refractivity contribution in [2.24, 2.45) is 11.8 Å². The predicted octanol–water partition coefficient (Wildman–Crippen LogP) is 4.27. The summed E-state index contributed by atoms with van der Waals surface area (Å²) in [5.74, 6) is 4.01. The number of fused-ring (bicyclic) bond motifs is 1. The van der Waals surface area contributed by atoms with Crippen LogP contribution in [-0.2, 0) is 0 Å². The molecule has 1 aliphatic heterocycles. The lowest BCUT2D eigenvalue weighted by atomic mass is 9.75. The van der Waals surface area contributed by atoms with Gasteiger partial charge in [-0.2, -0.15) is 0 Å². The van der Waals surface area contributed by atoms with Gasteiger partial charge in [0.1, 0.15) is 16.8 Å². The van der Waals surface area contributed by atoms with Crippen LogP contribution in [0.25, 0.3) is 0 Å². The van der Waals surface area contributed by atoms with E-state index in [2.05, 4.69) is 23.7 Å². The van der Waals surface area contributed by atoms with Crippen molar-refractivity contribution >= 4 is 17.4 Å². The van der Waals surface area contributed by atoms with Crippen LogP contribution in [-0.4, -0.2) is 23.1 Å². The molecule has 1 aliphatic carbocycles. The number of hydrogen-bond acceptors (Lipinski definition) is 3. The molecule has 3 rings (SSSR count). The summed E-state index contributed by atoms with van der Waals surface area (Å²) >= 11 is 6.17. The van der Waals surface area contributed by atoms with E-state index < -0.39 is 0 Å². The number of nitrogens with zero attached hydrogens (tertiary/aromatic N) is 3. The van der Waals surface area contributed by atoms with Crippen molar-refractivity contribution in [3.63, 3.8) is 0 Å². The maximum Gasteiger partial charge on any atom is 0.135 e. The molecule has 0 radical (unpaired) electrons. The molecular formula is C16H24ClN3. The Balaban J connectivity index is 1.79. The van der Waals surface area contributed by atoms with E-state index in [1.54, 1.807) is 0 Å². The fourth-order valence-electron chi connectivity index (χ4n) is 3.65. The van der Waals surface area contributed by atoms with Crippen LogP contribution < -0.4 is 4.90 Å². The maximum atomic E-state index is 6.17. The summed E-state index contributed by atoms with van der Waals surface area (Å²) in [7, 11) is 0. The van der Waals surface area contributed by atoms with E-state index in [1.165, 1.54) is 32.1 Å². The monoisotopic (exact) mass is 293 g/mol. The van der Waals surface area contributed by atoms with Crippen molar-refractivity contribution in [2.45, 2.75) is 51.9 Å². The van der Waals surface area contributed by atoms with Gasteiger partial charge in [0.25, 0.3) is 0 Å². The second kappa shape index (κ2) is 5.88. The minimum atomic E-state index is 0.319. The Hall–Kier alpha value is -0.830. The molecule has 0 amide bonds. The molecule has 2 atom stereocenters. The van der Waals surface area contributed by atoms with E-state index in [-0.39, 0.29) is 0 Å². The van der Waals surface area contributed by atoms with E-state index in [1.807, 2.05) is 6.07 Å². The van der Waals surface area contributed by atoms with Gasteiger partial charge in [0.15, 0.2) is 0 Å². The molecule has 1 aromatic heterocycles. The molecule has 20 heavy (non-hydrogen) atoms. The van der Waals surface area contributed by atoms with Crippen molar-refractivity contribution in [2.75, 3.05) is 18.0 Å². The van der Waals surface area contributed by atoms with Gasteiger partial charge >= 0.3 is 0 Å². The average Bonchev–Trinajstić information content (AvgIpc) is 2.46. The van der Waals surface area contributed by atoms with Crippen molar-refractivity contribution in [3.8, 4) is 0 Å². The highest BCUT2D eigenvalue weighted by Crippen LogP contribution is 2.37. The molecule has 4 heteroatoms. The Kier molecular flexibility index (Phi) is 4.16. The van der Waals surface area contributed by atoms with Gasteiger partial charge in [0.05, 0.1) is 0 Å². The zero-order valence-electron chi connectivity index (χ0n) is 12.5. The van der Waals surface area contributed by atoms with E-state index >= 15 is 0 Å². The standard InChI is InChI=1S/C16H24ClN3/c1-11(2)16-18-14(17)9-15(19-16)20-8-7-12-5-3-4-6-13(12)10-20/h9,11-13H,3-8,10H2,1-2H3. The number of piperidine rings is 1. The highest BCUT2D eigenvalue weighted by Gasteiger charge is 2.31. The first-order chi connectivity index (χ1) is 9.63. The van der Waals surface area contributed by atoms with Crippen LogP contribution in [0.5, 0.6) is 0 Å². The first-order valence-electron chi connectivity index (χ1n) is 7.93. The minimum Gasteiger partial charge on any atom is -0.356 e. The molecule has 0 N–H and O–H groups in total. The third-order valence-electron chi connectivity index (χ3n) is 4.83. The molecule has 1 saturated heterocycles. The summed E-state index contributed by atoms with van der Waals surface area (Å²) in [5.41, 5.74) is 0. The molecule has 2 aliphatic rings. The van der Waals surface area contributed by atoms with Crippen LogP contribution in [0, 0.1) is 11.8 Å². The lowest BCUT2D eigenvalue weighted by Gasteiger charge is -2.41. The lowest BCUT2D eigenvalue weighted by Crippen LogP contribution is -2.42. The van der Waals surface area contributed by atoms with E-state index in [4.69, 9.17) is 16.6 Å². The van der Waals surface area contributed by atoms with E-state index in [0.717, 1.165) is 36.6 Å². The maximum absolute atomic E-state index is 6.17. The van der Waals surface area contributed by atoms with Gasteiger partial charge in [0, 0.05) is 25.1 Å². The number of aromatic nitrogens is 2. The second-order valence-electron chi connectivity index (χ2n) is 6.60. The molecule has 0 bridgehead atoms. The molecule has 1 aromatic rings. The summed E-state index contributed by atoms with van der Waals surface area (Å²) in [6.07, 6.45) is 6.95. The molecule has 0 aromatic carbocycles. The molecule has 1 saturated carbocycles. The Bertz CT molecular complexity index is 475. The topological polar surface area (TPSA) is 29.0 Å². The Labute approximate surface area is 126 Å². The van der Waals surface area contributed by atoms with Gasteiger partial charge in [-0.05, 0) is 24.7 Å². The summed E-state index contributed by atoms with van der Waals surface area (Å²) in [6.45, 7) is 6.49. The number of rotatable bonds is 2. The first kappa shape index (κ1) is 14.1. The second-order valence-corrected chi connectivity index (χ2v) is 6.99. The fourth-order valence-corrected chi connectivity index (χ4v) is 3.84. The third kappa shape index (κ3) is 2.93.